The van der Waals surface area contributed by atoms with E-state index in [9.17, 15) is 4.79 Å². The predicted molar refractivity (Wildman–Crippen MR) is 65.5 cm³/mol. The number of carbonyl (C=O) groups is 1. The van der Waals surface area contributed by atoms with Crippen LogP contribution < -0.4 is 0 Å². The van der Waals surface area contributed by atoms with Gasteiger partial charge in [0.1, 0.15) is 5.78 Å². The highest BCUT2D eigenvalue weighted by Gasteiger charge is 2.37. The van der Waals surface area contributed by atoms with E-state index in [0.717, 1.165) is 32.4 Å². The summed E-state index contributed by atoms with van der Waals surface area (Å²) in [5.41, 5.74) is 0. The molecule has 0 N–H and O–H groups in total. The van der Waals surface area contributed by atoms with Crippen molar-refractivity contribution in [2.75, 3.05) is 33.7 Å². The van der Waals surface area contributed by atoms with Gasteiger partial charge in [-0.1, -0.05) is 0 Å². The fourth-order valence-electron chi connectivity index (χ4n) is 3.16. The Bertz CT molecular complexity index is 252. The maximum absolute atomic E-state index is 11.8. The number of Topliss-reactive ketones (excluding diaryl/α,β-unsaturated/α-hetero) is 1. The molecule has 1 saturated carbocycles. The first-order valence-electron chi connectivity index (χ1n) is 6.60. The Morgan fingerprint density at radius 2 is 2.12 bits per heavy atom. The molecule has 0 aromatic carbocycles. The van der Waals surface area contributed by atoms with Crippen LogP contribution in [0.25, 0.3) is 0 Å². The summed E-state index contributed by atoms with van der Waals surface area (Å²) in [4.78, 5) is 16.6. The Labute approximate surface area is 98.8 Å². The molecule has 1 heterocycles. The minimum absolute atomic E-state index is 0.365. The summed E-state index contributed by atoms with van der Waals surface area (Å²) in [7, 11) is 4.23. The first-order chi connectivity index (χ1) is 7.68. The van der Waals surface area contributed by atoms with Gasteiger partial charge >= 0.3 is 0 Å². The minimum Gasteiger partial charge on any atom is -0.308 e. The summed E-state index contributed by atoms with van der Waals surface area (Å²) in [6.45, 7) is 3.43. The molecule has 3 heteroatoms. The number of hydrogen-bond acceptors (Lipinski definition) is 3. The lowest BCUT2D eigenvalue weighted by molar-refractivity contribution is -0.122. The van der Waals surface area contributed by atoms with Gasteiger partial charge in [0.2, 0.25) is 0 Å². The molecule has 1 aliphatic heterocycles. The number of carbonyl (C=O) groups excluding carboxylic acids is 1. The highest BCUT2D eigenvalue weighted by molar-refractivity contribution is 5.83. The molecule has 0 radical (unpaired) electrons. The molecule has 2 fully saturated rings. The van der Waals surface area contributed by atoms with Gasteiger partial charge in [-0.3, -0.25) is 9.69 Å². The summed E-state index contributed by atoms with van der Waals surface area (Å²) in [5, 5.41) is 0. The summed E-state index contributed by atoms with van der Waals surface area (Å²) in [5.74, 6) is 0.895. The second kappa shape index (κ2) is 5.28. The third kappa shape index (κ3) is 2.64. The quantitative estimate of drug-likeness (QED) is 0.721. The highest BCUT2D eigenvalue weighted by Crippen LogP contribution is 2.32. The van der Waals surface area contributed by atoms with E-state index < -0.39 is 0 Å². The van der Waals surface area contributed by atoms with Crippen LogP contribution >= 0.6 is 0 Å². The highest BCUT2D eigenvalue weighted by atomic mass is 16.1. The van der Waals surface area contributed by atoms with E-state index >= 15 is 0 Å². The van der Waals surface area contributed by atoms with Crippen LogP contribution in [-0.4, -0.2) is 55.4 Å². The molecular weight excluding hydrogens is 200 g/mol. The largest absolute Gasteiger partial charge is 0.308 e. The third-order valence-corrected chi connectivity index (χ3v) is 4.06. The Balaban J connectivity index is 1.89. The van der Waals surface area contributed by atoms with Crippen LogP contribution in [0, 0.1) is 5.92 Å². The smallest absolute Gasteiger partial charge is 0.137 e. The lowest BCUT2D eigenvalue weighted by Crippen LogP contribution is -2.40. The van der Waals surface area contributed by atoms with Gasteiger partial charge in [0, 0.05) is 31.5 Å². The van der Waals surface area contributed by atoms with Crippen molar-refractivity contribution in [3.8, 4) is 0 Å². The van der Waals surface area contributed by atoms with Crippen molar-refractivity contribution in [2.45, 2.75) is 38.1 Å². The van der Waals surface area contributed by atoms with E-state index in [-0.39, 0.29) is 0 Å². The summed E-state index contributed by atoms with van der Waals surface area (Å²) >= 11 is 0. The standard InChI is InChI=1S/C13H24N2O/c1-14(2)9-10-15-8-4-6-12(15)11-5-3-7-13(11)16/h11-12H,3-10H2,1-2H3. The SMILES string of the molecule is CN(C)CCN1CCCC1C1CCCC1=O. The molecule has 2 aliphatic rings. The van der Waals surface area contributed by atoms with E-state index in [1.54, 1.807) is 0 Å². The van der Waals surface area contributed by atoms with Crippen LogP contribution in [0.15, 0.2) is 0 Å². The van der Waals surface area contributed by atoms with E-state index in [0.29, 0.717) is 17.7 Å². The predicted octanol–water partition coefficient (Wildman–Crippen LogP) is 1.38. The fraction of sp³-hybridized carbons (Fsp3) is 0.923. The van der Waals surface area contributed by atoms with Crippen molar-refractivity contribution in [1.82, 2.24) is 9.80 Å². The molecule has 0 aromatic heterocycles. The van der Waals surface area contributed by atoms with Crippen molar-refractivity contribution >= 4 is 5.78 Å². The average molecular weight is 224 g/mol. The van der Waals surface area contributed by atoms with Crippen LogP contribution in [0.5, 0.6) is 0 Å². The topological polar surface area (TPSA) is 23.6 Å². The van der Waals surface area contributed by atoms with Crippen LogP contribution in [0.4, 0.5) is 0 Å². The first-order valence-corrected chi connectivity index (χ1v) is 6.60. The van der Waals surface area contributed by atoms with Gasteiger partial charge in [-0.25, -0.2) is 0 Å². The molecule has 3 nitrogen and oxygen atoms in total. The molecule has 92 valence electrons. The van der Waals surface area contributed by atoms with Gasteiger partial charge in [-0.15, -0.1) is 0 Å². The molecule has 1 saturated heterocycles. The van der Waals surface area contributed by atoms with Crippen LogP contribution in [0.1, 0.15) is 32.1 Å². The van der Waals surface area contributed by atoms with Crippen molar-refractivity contribution in [3.63, 3.8) is 0 Å². The number of rotatable bonds is 4. The lowest BCUT2D eigenvalue weighted by Gasteiger charge is -2.29. The third-order valence-electron chi connectivity index (χ3n) is 4.06. The summed E-state index contributed by atoms with van der Waals surface area (Å²) < 4.78 is 0. The fourth-order valence-corrected chi connectivity index (χ4v) is 3.16. The van der Waals surface area contributed by atoms with Gasteiger partial charge in [-0.05, 0) is 46.3 Å². The van der Waals surface area contributed by atoms with Crippen LogP contribution in [0.2, 0.25) is 0 Å². The number of hydrogen-bond donors (Lipinski definition) is 0. The van der Waals surface area contributed by atoms with Crippen LogP contribution in [0.3, 0.4) is 0 Å². The van der Waals surface area contributed by atoms with E-state index in [1.165, 1.54) is 19.4 Å². The average Bonchev–Trinajstić information content (AvgIpc) is 2.82. The van der Waals surface area contributed by atoms with E-state index in [1.807, 2.05) is 0 Å². The second-order valence-corrected chi connectivity index (χ2v) is 5.51. The maximum Gasteiger partial charge on any atom is 0.137 e. The monoisotopic (exact) mass is 224 g/mol. The lowest BCUT2D eigenvalue weighted by atomic mass is 9.95. The number of nitrogens with zero attached hydrogens (tertiary/aromatic N) is 2. The van der Waals surface area contributed by atoms with Gasteiger partial charge in [0.15, 0.2) is 0 Å². The second-order valence-electron chi connectivity index (χ2n) is 5.51. The normalized spacial score (nSPS) is 31.8. The van der Waals surface area contributed by atoms with Gasteiger partial charge < -0.3 is 4.90 Å². The van der Waals surface area contributed by atoms with Crippen molar-refractivity contribution in [2.24, 2.45) is 5.92 Å². The molecule has 16 heavy (non-hydrogen) atoms. The van der Waals surface area contributed by atoms with Crippen molar-refractivity contribution in [3.05, 3.63) is 0 Å². The number of likely N-dealkylation sites (N-methyl/N-ethyl adjacent to an activating group) is 1. The van der Waals surface area contributed by atoms with Crippen LogP contribution in [-0.2, 0) is 4.79 Å². The van der Waals surface area contributed by atoms with E-state index in [2.05, 4.69) is 23.9 Å². The molecular formula is C13H24N2O. The minimum atomic E-state index is 0.365. The van der Waals surface area contributed by atoms with Gasteiger partial charge in [-0.2, -0.15) is 0 Å². The van der Waals surface area contributed by atoms with Gasteiger partial charge in [0.25, 0.3) is 0 Å². The Morgan fingerprint density at radius 1 is 1.31 bits per heavy atom. The first kappa shape index (κ1) is 12.1. The molecule has 1 aliphatic carbocycles. The number of likely N-dealkylation sites (tertiary alicyclic amines) is 1. The summed E-state index contributed by atoms with van der Waals surface area (Å²) in [6.07, 6.45) is 5.62. The zero-order chi connectivity index (χ0) is 11.5. The van der Waals surface area contributed by atoms with Crippen molar-refractivity contribution < 1.29 is 4.79 Å². The maximum atomic E-state index is 11.8. The Morgan fingerprint density at radius 3 is 2.75 bits per heavy atom. The van der Waals surface area contributed by atoms with E-state index in [4.69, 9.17) is 0 Å². The van der Waals surface area contributed by atoms with Crippen molar-refractivity contribution in [1.29, 1.82) is 0 Å². The molecule has 0 amide bonds. The molecule has 2 atom stereocenters. The Hall–Kier alpha value is -0.410. The zero-order valence-corrected chi connectivity index (χ0v) is 10.6. The zero-order valence-electron chi connectivity index (χ0n) is 10.6. The summed E-state index contributed by atoms with van der Waals surface area (Å²) in [6, 6.07) is 0.565. The molecule has 2 rings (SSSR count). The number of ketones is 1. The Kier molecular flexibility index (Phi) is 3.98. The molecule has 2 unspecified atom stereocenters. The van der Waals surface area contributed by atoms with Gasteiger partial charge in [0.05, 0.1) is 0 Å². The molecule has 0 spiro atoms. The molecule has 0 aromatic rings. The molecule has 0 bridgehead atoms.